The fourth-order valence-electron chi connectivity index (χ4n) is 3.77. The molecule has 3 rings (SSSR count). The number of aliphatic hydroxyl groups is 2. The fourth-order valence-corrected chi connectivity index (χ4v) is 4.87. The van der Waals surface area contributed by atoms with E-state index in [1.165, 1.54) is 12.7 Å². The smallest absolute Gasteiger partial charge is 0.238 e. The van der Waals surface area contributed by atoms with Crippen LogP contribution < -0.4 is 16.0 Å². The van der Waals surface area contributed by atoms with E-state index < -0.39 is 30.5 Å². The van der Waals surface area contributed by atoms with Crippen molar-refractivity contribution in [1.82, 2.24) is 24.8 Å². The molecule has 1 amide bonds. The normalized spacial score (nSPS) is 24.2. The number of rotatable bonds is 10. The van der Waals surface area contributed by atoms with Crippen molar-refractivity contribution in [2.24, 2.45) is 5.73 Å². The number of nitrogens with one attached hydrogen (secondary N) is 1. The lowest BCUT2D eigenvalue weighted by molar-refractivity contribution is -0.123. The second kappa shape index (κ2) is 10.8. The average Bonchev–Trinajstić information content (AvgIpc) is 3.35. The van der Waals surface area contributed by atoms with E-state index in [-0.39, 0.29) is 12.5 Å². The number of ether oxygens (including phenoxy) is 1. The zero-order valence-corrected chi connectivity index (χ0v) is 19.7. The number of nitrogens with zero attached hydrogens (tertiary/aromatic N) is 5. The van der Waals surface area contributed by atoms with Gasteiger partial charge in [-0.05, 0) is 12.8 Å². The maximum atomic E-state index is 12.7. The van der Waals surface area contributed by atoms with Gasteiger partial charge in [0.1, 0.15) is 18.5 Å². The number of aliphatic hydroxyl groups excluding tert-OH is 2. The molecule has 0 aromatic carbocycles. The lowest BCUT2D eigenvalue weighted by Gasteiger charge is -2.23. The van der Waals surface area contributed by atoms with Gasteiger partial charge in [-0.25, -0.2) is 15.0 Å². The molecule has 0 saturated carbocycles. The zero-order valence-electron chi connectivity index (χ0n) is 18.9. The molecule has 0 bridgehead atoms. The number of anilines is 1. The summed E-state index contributed by atoms with van der Waals surface area (Å²) in [5.74, 6) is 0.722. The van der Waals surface area contributed by atoms with E-state index in [9.17, 15) is 15.0 Å². The quantitative estimate of drug-likeness (QED) is 0.372. The summed E-state index contributed by atoms with van der Waals surface area (Å²) in [7, 11) is 3.69. The monoisotopic (exact) mass is 467 g/mol. The average molecular weight is 468 g/mol. The van der Waals surface area contributed by atoms with Crippen LogP contribution in [0.1, 0.15) is 32.9 Å². The number of hydrogen-bond acceptors (Lipinski definition) is 10. The van der Waals surface area contributed by atoms with Gasteiger partial charge in [0.15, 0.2) is 23.2 Å². The maximum Gasteiger partial charge on any atom is 0.238 e. The molecule has 1 saturated heterocycles. The van der Waals surface area contributed by atoms with Crippen molar-refractivity contribution in [2.75, 3.05) is 31.4 Å². The van der Waals surface area contributed by atoms with E-state index in [1.54, 1.807) is 16.3 Å². The van der Waals surface area contributed by atoms with Gasteiger partial charge in [-0.1, -0.05) is 13.8 Å². The van der Waals surface area contributed by atoms with Gasteiger partial charge in [0.2, 0.25) is 5.91 Å². The van der Waals surface area contributed by atoms with Crippen molar-refractivity contribution in [1.29, 1.82) is 0 Å². The molecular weight excluding hydrogens is 434 g/mol. The van der Waals surface area contributed by atoms with Gasteiger partial charge < -0.3 is 30.9 Å². The molecule has 5 atom stereocenters. The molecule has 0 aliphatic carbocycles. The molecule has 1 fully saturated rings. The Bertz CT molecular complexity index is 907. The standard InChI is InChI=1S/C20H33N7O4S/c1-5-11(6-2)32-8-12(21)19(30)25-14-13(7-28)31-20(16(14)29)27-10-24-15-17(26(3)4)22-9-23-18(15)27/h9-14,16,20,28-29H,5-8,21H2,1-4H3,(H,25,30)/t12-,13+,14+,16+,20+/m0/s1. The van der Waals surface area contributed by atoms with Crippen LogP contribution in [-0.4, -0.2) is 91.6 Å². The largest absolute Gasteiger partial charge is 0.394 e. The minimum absolute atomic E-state index is 0.374. The summed E-state index contributed by atoms with van der Waals surface area (Å²) in [6, 6.07) is -1.55. The van der Waals surface area contributed by atoms with Gasteiger partial charge in [0.05, 0.1) is 25.0 Å². The number of nitrogens with two attached hydrogens (primary N) is 1. The summed E-state index contributed by atoms with van der Waals surface area (Å²) in [6.07, 6.45) is 2.12. The lowest BCUT2D eigenvalue weighted by atomic mass is 10.1. The van der Waals surface area contributed by atoms with Crippen LogP contribution in [0.25, 0.3) is 11.2 Å². The first-order chi connectivity index (χ1) is 15.3. The predicted octanol–water partition coefficient (Wildman–Crippen LogP) is -0.123. The van der Waals surface area contributed by atoms with Crippen LogP contribution in [0.4, 0.5) is 5.82 Å². The van der Waals surface area contributed by atoms with Crippen molar-refractivity contribution < 1.29 is 19.7 Å². The topological polar surface area (TPSA) is 152 Å². The minimum Gasteiger partial charge on any atom is -0.394 e. The van der Waals surface area contributed by atoms with Gasteiger partial charge in [-0.2, -0.15) is 11.8 Å². The van der Waals surface area contributed by atoms with E-state index in [0.717, 1.165) is 12.8 Å². The highest BCUT2D eigenvalue weighted by atomic mass is 32.2. The van der Waals surface area contributed by atoms with Crippen molar-refractivity contribution >= 4 is 34.7 Å². The molecule has 1 aliphatic rings. The van der Waals surface area contributed by atoms with Crippen LogP contribution in [0.15, 0.2) is 12.7 Å². The fraction of sp³-hybridized carbons (Fsp3) is 0.700. The van der Waals surface area contributed by atoms with E-state index in [1.807, 2.05) is 19.0 Å². The third-order valence-electron chi connectivity index (χ3n) is 5.66. The second-order valence-corrected chi connectivity index (χ2v) is 9.40. The summed E-state index contributed by atoms with van der Waals surface area (Å²) in [4.78, 5) is 27.4. The predicted molar refractivity (Wildman–Crippen MR) is 123 cm³/mol. The number of imidazole rings is 1. The molecule has 0 radical (unpaired) electrons. The third kappa shape index (κ3) is 4.99. The number of hydrogen-bond donors (Lipinski definition) is 4. The van der Waals surface area contributed by atoms with Crippen LogP contribution >= 0.6 is 11.8 Å². The molecule has 32 heavy (non-hydrogen) atoms. The first-order valence-corrected chi connectivity index (χ1v) is 11.8. The van der Waals surface area contributed by atoms with Crippen LogP contribution in [0.3, 0.4) is 0 Å². The second-order valence-electron chi connectivity index (χ2n) is 8.07. The number of carbonyl (C=O) groups excluding carboxylic acids is 1. The zero-order chi connectivity index (χ0) is 23.4. The van der Waals surface area contributed by atoms with Crippen molar-refractivity contribution in [2.45, 2.75) is 62.5 Å². The molecule has 11 nitrogen and oxygen atoms in total. The Balaban J connectivity index is 1.74. The molecular formula is C20H33N7O4S. The van der Waals surface area contributed by atoms with E-state index >= 15 is 0 Å². The van der Waals surface area contributed by atoms with Gasteiger partial charge >= 0.3 is 0 Å². The number of aromatic nitrogens is 4. The van der Waals surface area contributed by atoms with Crippen LogP contribution in [0.5, 0.6) is 0 Å². The molecule has 1 aliphatic heterocycles. The van der Waals surface area contributed by atoms with E-state index in [0.29, 0.717) is 28.0 Å². The van der Waals surface area contributed by atoms with Gasteiger partial charge in [0.25, 0.3) is 0 Å². The maximum absolute atomic E-state index is 12.7. The minimum atomic E-state index is -1.13. The van der Waals surface area contributed by atoms with Gasteiger partial charge in [-0.15, -0.1) is 0 Å². The molecule has 178 valence electrons. The number of amides is 1. The van der Waals surface area contributed by atoms with Crippen molar-refractivity contribution in [3.05, 3.63) is 12.7 Å². The van der Waals surface area contributed by atoms with Crippen LogP contribution in [0.2, 0.25) is 0 Å². The molecule has 12 heteroatoms. The Kier molecular flexibility index (Phi) is 8.28. The van der Waals surface area contributed by atoms with E-state index in [2.05, 4.69) is 34.1 Å². The summed E-state index contributed by atoms with van der Waals surface area (Å²) in [5.41, 5.74) is 7.12. The number of carbonyl (C=O) groups is 1. The summed E-state index contributed by atoms with van der Waals surface area (Å²) < 4.78 is 7.48. The summed E-state index contributed by atoms with van der Waals surface area (Å²) >= 11 is 1.67. The van der Waals surface area contributed by atoms with Gasteiger partial charge in [0, 0.05) is 25.1 Å². The Morgan fingerprint density at radius 2 is 2.06 bits per heavy atom. The molecule has 2 aromatic rings. The van der Waals surface area contributed by atoms with Crippen LogP contribution in [-0.2, 0) is 9.53 Å². The highest BCUT2D eigenvalue weighted by molar-refractivity contribution is 7.99. The molecule has 3 heterocycles. The molecule has 2 aromatic heterocycles. The Morgan fingerprint density at radius 1 is 1.34 bits per heavy atom. The highest BCUT2D eigenvalue weighted by Gasteiger charge is 2.46. The SMILES string of the molecule is CCC(CC)SC[C@H](N)C(=O)N[C@H]1[C@@H](O)[C@H](n2cnc3c(N(C)C)ncnc32)O[C@@H]1CO. The molecule has 0 spiro atoms. The lowest BCUT2D eigenvalue weighted by Crippen LogP contribution is -2.53. The van der Waals surface area contributed by atoms with Crippen molar-refractivity contribution in [3.63, 3.8) is 0 Å². The first-order valence-electron chi connectivity index (χ1n) is 10.8. The van der Waals surface area contributed by atoms with Gasteiger partial charge in [-0.3, -0.25) is 9.36 Å². The highest BCUT2D eigenvalue weighted by Crippen LogP contribution is 2.32. The summed E-state index contributed by atoms with van der Waals surface area (Å²) in [6.45, 7) is 3.84. The Hall–Kier alpha value is -1.99. The van der Waals surface area contributed by atoms with Crippen LogP contribution in [0, 0.1) is 0 Å². The number of thioether (sulfide) groups is 1. The Labute approximate surface area is 191 Å². The Morgan fingerprint density at radius 3 is 2.69 bits per heavy atom. The summed E-state index contributed by atoms with van der Waals surface area (Å²) in [5, 5.41) is 24.0. The van der Waals surface area contributed by atoms with Crippen molar-refractivity contribution in [3.8, 4) is 0 Å². The third-order valence-corrected chi connectivity index (χ3v) is 7.35. The first kappa shape index (κ1) is 24.6. The number of fused-ring (bicyclic) bond motifs is 1. The molecule has 0 unspecified atom stereocenters. The molecule has 5 N–H and O–H groups in total. The van der Waals surface area contributed by atoms with E-state index in [4.69, 9.17) is 10.5 Å².